The molecule has 0 aromatic heterocycles. The molecule has 4 heteroatoms. The largest absolute Gasteiger partial charge is 0.311 e. The molecule has 0 heterocycles. The fourth-order valence-corrected chi connectivity index (χ4v) is 12.4. The Kier molecular flexibility index (Phi) is 15.3. The number of hydrogen-bond acceptors (Lipinski definition) is 4. The molecule has 0 fully saturated rings. The molecule has 0 aliphatic rings. The van der Waals surface area contributed by atoms with Crippen molar-refractivity contribution in [1.82, 2.24) is 0 Å². The van der Waals surface area contributed by atoms with Crippen LogP contribution in [0.4, 0.5) is 68.2 Å². The van der Waals surface area contributed by atoms with Gasteiger partial charge in [0.05, 0.1) is 0 Å². The van der Waals surface area contributed by atoms with E-state index in [-0.39, 0.29) is 10.8 Å². The van der Waals surface area contributed by atoms with Crippen LogP contribution < -0.4 is 19.6 Å². The summed E-state index contributed by atoms with van der Waals surface area (Å²) >= 11 is 0. The van der Waals surface area contributed by atoms with Crippen molar-refractivity contribution < 1.29 is 0 Å². The second-order valence-corrected chi connectivity index (χ2v) is 25.3. The second-order valence-electron chi connectivity index (χ2n) is 25.3. The van der Waals surface area contributed by atoms with Crippen LogP contribution in [0.15, 0.2) is 303 Å². The first-order valence-corrected chi connectivity index (χ1v) is 30.7. The second kappa shape index (κ2) is 23.8. The lowest BCUT2D eigenvalue weighted by molar-refractivity contribution is 0.590. The van der Waals surface area contributed by atoms with Gasteiger partial charge in [-0.15, -0.1) is 0 Å². The zero-order valence-corrected chi connectivity index (χ0v) is 51.7. The average molecular weight is 1140 g/mol. The zero-order valence-electron chi connectivity index (χ0n) is 51.7. The Morgan fingerprint density at radius 3 is 0.682 bits per heavy atom. The van der Waals surface area contributed by atoms with Gasteiger partial charge in [-0.2, -0.15) is 0 Å². The highest BCUT2D eigenvalue weighted by atomic mass is 15.2. The van der Waals surface area contributed by atoms with Gasteiger partial charge in [0.1, 0.15) is 0 Å². The maximum atomic E-state index is 2.45. The van der Waals surface area contributed by atoms with Gasteiger partial charge in [0.15, 0.2) is 0 Å². The summed E-state index contributed by atoms with van der Waals surface area (Å²) in [7, 11) is 0. The Hall–Kier alpha value is -10.4. The molecule has 0 aliphatic heterocycles. The molecule has 0 bridgehead atoms. The molecule has 88 heavy (non-hydrogen) atoms. The Bertz CT molecular complexity index is 4140. The lowest BCUT2D eigenvalue weighted by Gasteiger charge is -2.29. The Balaban J connectivity index is 1.09. The van der Waals surface area contributed by atoms with E-state index in [0.717, 1.165) is 101 Å². The van der Waals surface area contributed by atoms with Gasteiger partial charge in [0, 0.05) is 68.2 Å². The number of aryl methyl sites for hydroxylation is 2. The van der Waals surface area contributed by atoms with E-state index in [1.165, 1.54) is 33.4 Å². The lowest BCUT2D eigenvalue weighted by Crippen LogP contribution is -2.13. The smallest absolute Gasteiger partial charge is 0.0468 e. The van der Waals surface area contributed by atoms with E-state index in [9.17, 15) is 0 Å². The molecular weight excluding hydrogens is 1060 g/mol. The molecule has 0 unspecified atom stereocenters. The van der Waals surface area contributed by atoms with E-state index >= 15 is 0 Å². The molecule has 13 rings (SSSR count). The van der Waals surface area contributed by atoms with Crippen molar-refractivity contribution in [2.75, 3.05) is 19.6 Å². The van der Waals surface area contributed by atoms with Gasteiger partial charge >= 0.3 is 0 Å². The van der Waals surface area contributed by atoms with Crippen LogP contribution in [0, 0.1) is 13.8 Å². The summed E-state index contributed by atoms with van der Waals surface area (Å²) < 4.78 is 0. The lowest BCUT2D eigenvalue weighted by atomic mass is 9.85. The van der Waals surface area contributed by atoms with E-state index in [1.807, 2.05) is 0 Å². The molecule has 13 aromatic carbocycles. The molecule has 0 amide bonds. The number of fused-ring (bicyclic) bond motifs is 2. The average Bonchev–Trinajstić information content (AvgIpc) is 0.851. The van der Waals surface area contributed by atoms with Crippen LogP contribution in [-0.2, 0) is 10.8 Å². The summed E-state index contributed by atoms with van der Waals surface area (Å²) in [5.74, 6) is 0. The molecule has 0 radical (unpaired) electrons. The summed E-state index contributed by atoms with van der Waals surface area (Å²) in [6.07, 6.45) is 0. The predicted octanol–water partition coefficient (Wildman–Crippen LogP) is 24.4. The van der Waals surface area contributed by atoms with E-state index in [0.29, 0.717) is 0 Å². The number of para-hydroxylation sites is 4. The first-order valence-electron chi connectivity index (χ1n) is 30.7. The molecule has 0 saturated carbocycles. The highest BCUT2D eigenvalue weighted by Crippen LogP contribution is 2.50. The third-order valence-electron chi connectivity index (χ3n) is 17.1. The zero-order chi connectivity index (χ0) is 60.5. The van der Waals surface area contributed by atoms with Gasteiger partial charge in [-0.3, -0.25) is 0 Å². The van der Waals surface area contributed by atoms with Gasteiger partial charge in [-0.05, 0) is 225 Å². The molecule has 0 spiro atoms. The Morgan fingerprint density at radius 1 is 0.205 bits per heavy atom. The topological polar surface area (TPSA) is 13.0 Å². The van der Waals surface area contributed by atoms with Crippen molar-refractivity contribution >= 4 is 89.8 Å². The van der Waals surface area contributed by atoms with Crippen molar-refractivity contribution in [1.29, 1.82) is 0 Å². The fraction of sp³-hybridized carbons (Fsp3) is 0.119. The Morgan fingerprint density at radius 2 is 0.420 bits per heavy atom. The van der Waals surface area contributed by atoms with E-state index in [1.54, 1.807) is 0 Å². The van der Waals surface area contributed by atoms with Crippen molar-refractivity contribution in [3.63, 3.8) is 0 Å². The molecule has 13 aromatic rings. The summed E-state index contributed by atoms with van der Waals surface area (Å²) in [6, 6.07) is 112. The van der Waals surface area contributed by atoms with E-state index in [4.69, 9.17) is 0 Å². The minimum atomic E-state index is 0.00476. The van der Waals surface area contributed by atoms with Crippen LogP contribution in [0.5, 0.6) is 0 Å². The molecule has 0 N–H and O–H groups in total. The summed E-state index contributed by atoms with van der Waals surface area (Å²) in [6.45, 7) is 18.0. The maximum Gasteiger partial charge on any atom is 0.0468 e. The van der Waals surface area contributed by atoms with Crippen molar-refractivity contribution in [2.24, 2.45) is 0 Å². The Labute approximate surface area is 520 Å². The number of rotatable bonds is 14. The van der Waals surface area contributed by atoms with E-state index in [2.05, 4.69) is 378 Å². The van der Waals surface area contributed by atoms with Crippen molar-refractivity contribution in [2.45, 2.75) is 66.2 Å². The monoisotopic (exact) mass is 1140 g/mol. The van der Waals surface area contributed by atoms with Crippen LogP contribution in [0.1, 0.15) is 63.8 Å². The number of hydrogen-bond donors (Lipinski definition) is 0. The summed E-state index contributed by atoms with van der Waals surface area (Å²) in [5, 5.41) is 4.61. The van der Waals surface area contributed by atoms with Gasteiger partial charge in [0.2, 0.25) is 0 Å². The molecule has 0 saturated heterocycles. The standard InChI is InChI=1S/C84H74N4/c1-59-29-41-69(42-30-59)87(73-49-37-63(38-50-73)83(3,4)5)75-53-55-77-79(57-75)81(61-33-45-71(46-34-61)85(65-21-13-9-14-22-65)66-23-15-10-16-24-66)78-56-54-76(88(70-43-31-60(2)32-44-70)74-51-39-64(40-52-74)84(6,7)8)58-80(78)82(77)62-35-47-72(48-36-62)86(67-25-17-11-18-26-67)68-27-19-12-20-28-68/h9-58H,1-8H3. The first kappa shape index (κ1) is 56.7. The molecule has 0 atom stereocenters. The minimum absolute atomic E-state index is 0.00476. The first-order chi connectivity index (χ1) is 42.7. The van der Waals surface area contributed by atoms with Crippen molar-refractivity contribution in [3.05, 3.63) is 326 Å². The predicted molar refractivity (Wildman–Crippen MR) is 378 cm³/mol. The van der Waals surface area contributed by atoms with Gasteiger partial charge in [-0.1, -0.05) is 210 Å². The number of nitrogens with zero attached hydrogens (tertiary/aromatic N) is 4. The van der Waals surface area contributed by atoms with Crippen molar-refractivity contribution in [3.8, 4) is 22.3 Å². The van der Waals surface area contributed by atoms with Crippen LogP contribution in [0.25, 0.3) is 43.8 Å². The summed E-state index contributed by atoms with van der Waals surface area (Å²) in [5.41, 5.74) is 22.7. The number of benzene rings is 13. The third-order valence-corrected chi connectivity index (χ3v) is 17.1. The van der Waals surface area contributed by atoms with Gasteiger partial charge in [0.25, 0.3) is 0 Å². The van der Waals surface area contributed by atoms with Crippen LogP contribution in [0.3, 0.4) is 0 Å². The van der Waals surface area contributed by atoms with Crippen LogP contribution in [-0.4, -0.2) is 0 Å². The molecule has 0 aliphatic carbocycles. The maximum absolute atomic E-state index is 2.45. The van der Waals surface area contributed by atoms with Crippen LogP contribution >= 0.6 is 0 Å². The molecule has 430 valence electrons. The SMILES string of the molecule is Cc1ccc(N(c2ccc(C(C)(C)C)cc2)c2ccc3c(-c4ccc(N(c5ccccc5)c5ccccc5)cc4)c4cc(N(c5ccc(C)cc5)c5ccc(C(C)(C)C)cc5)ccc4c(-c4ccc(N(c5ccccc5)c5ccccc5)cc4)c3c2)cc1. The molecule has 4 nitrogen and oxygen atoms in total. The fourth-order valence-electron chi connectivity index (χ4n) is 12.4. The van der Waals surface area contributed by atoms with Gasteiger partial charge < -0.3 is 19.6 Å². The van der Waals surface area contributed by atoms with Gasteiger partial charge in [-0.25, -0.2) is 0 Å². The number of anilines is 12. The third kappa shape index (κ3) is 11.5. The summed E-state index contributed by atoms with van der Waals surface area (Å²) in [4.78, 5) is 9.52. The minimum Gasteiger partial charge on any atom is -0.311 e. The highest BCUT2D eigenvalue weighted by molar-refractivity contribution is 6.23. The normalized spacial score (nSPS) is 11.6. The molecular formula is C84H74N4. The highest BCUT2D eigenvalue weighted by Gasteiger charge is 2.25. The quantitative estimate of drug-likeness (QED) is 0.101. The van der Waals surface area contributed by atoms with Crippen LogP contribution in [0.2, 0.25) is 0 Å². The van der Waals surface area contributed by atoms with E-state index < -0.39 is 0 Å².